The highest BCUT2D eigenvalue weighted by atomic mass is 79.9. The predicted octanol–water partition coefficient (Wildman–Crippen LogP) is 3.34. The number of nitrogens with zero attached hydrogens (tertiary/aromatic N) is 1. The van der Waals surface area contributed by atoms with Crippen molar-refractivity contribution in [3.63, 3.8) is 0 Å². The average molecular weight is 289 g/mol. The summed E-state index contributed by atoms with van der Waals surface area (Å²) in [6.45, 7) is 1.73. The average Bonchev–Trinajstić information content (AvgIpc) is 2.67. The molecule has 2 nitrogen and oxygen atoms in total. The molecule has 0 N–H and O–H groups in total. The third kappa shape index (κ3) is 2.52. The number of amides is 1. The molecule has 1 aliphatic heterocycles. The fraction of sp³-hybridized carbons (Fsp3) is 0.364. The molecule has 0 aliphatic carbocycles. The van der Waals surface area contributed by atoms with Gasteiger partial charge in [0.05, 0.1) is 0 Å². The highest BCUT2D eigenvalue weighted by Gasteiger charge is 2.19. The zero-order chi connectivity index (χ0) is 10.8. The van der Waals surface area contributed by atoms with Crippen molar-refractivity contribution >= 4 is 33.4 Å². The highest BCUT2D eigenvalue weighted by Crippen LogP contribution is 2.21. The van der Waals surface area contributed by atoms with E-state index in [2.05, 4.69) is 15.9 Å². The maximum atomic E-state index is 12.0. The molecule has 1 saturated heterocycles. The molecule has 1 aromatic carbocycles. The summed E-state index contributed by atoms with van der Waals surface area (Å²) in [5.74, 6) is 0.0794. The van der Waals surface area contributed by atoms with Crippen LogP contribution < -0.4 is 0 Å². The van der Waals surface area contributed by atoms with Gasteiger partial charge in [0, 0.05) is 28.1 Å². The normalized spacial score (nSPS) is 15.7. The van der Waals surface area contributed by atoms with Gasteiger partial charge in [0.25, 0.3) is 5.91 Å². The number of halogens is 2. The molecule has 15 heavy (non-hydrogen) atoms. The standard InChI is InChI=1S/C11H11BrClNO/c12-9-5-8(6-10(13)7-9)11(15)14-3-1-2-4-14/h5-7H,1-4H2. The molecule has 0 radical (unpaired) electrons. The van der Waals surface area contributed by atoms with E-state index >= 15 is 0 Å². The predicted molar refractivity (Wildman–Crippen MR) is 64.3 cm³/mol. The van der Waals surface area contributed by atoms with Crippen molar-refractivity contribution in [3.8, 4) is 0 Å². The zero-order valence-electron chi connectivity index (χ0n) is 8.17. The largest absolute Gasteiger partial charge is 0.339 e. The van der Waals surface area contributed by atoms with E-state index in [4.69, 9.17) is 11.6 Å². The van der Waals surface area contributed by atoms with Crippen molar-refractivity contribution in [3.05, 3.63) is 33.3 Å². The topological polar surface area (TPSA) is 20.3 Å². The van der Waals surface area contributed by atoms with Gasteiger partial charge in [-0.25, -0.2) is 0 Å². The minimum absolute atomic E-state index is 0.0794. The van der Waals surface area contributed by atoms with Crippen molar-refractivity contribution < 1.29 is 4.79 Å². The fourth-order valence-corrected chi connectivity index (χ4v) is 2.64. The molecule has 4 heteroatoms. The van der Waals surface area contributed by atoms with Crippen molar-refractivity contribution in [1.29, 1.82) is 0 Å². The summed E-state index contributed by atoms with van der Waals surface area (Å²) in [6.07, 6.45) is 2.21. The molecule has 0 atom stereocenters. The minimum atomic E-state index is 0.0794. The Labute approximate surface area is 102 Å². The number of likely N-dealkylation sites (tertiary alicyclic amines) is 1. The zero-order valence-corrected chi connectivity index (χ0v) is 10.5. The second-order valence-electron chi connectivity index (χ2n) is 3.66. The molecule has 0 saturated carbocycles. The van der Waals surface area contributed by atoms with Gasteiger partial charge in [0.1, 0.15) is 0 Å². The van der Waals surface area contributed by atoms with E-state index in [1.165, 1.54) is 0 Å². The molecular weight excluding hydrogens is 277 g/mol. The summed E-state index contributed by atoms with van der Waals surface area (Å²) >= 11 is 9.23. The first-order valence-electron chi connectivity index (χ1n) is 4.92. The summed E-state index contributed by atoms with van der Waals surface area (Å²) in [7, 11) is 0. The van der Waals surface area contributed by atoms with E-state index in [0.29, 0.717) is 10.6 Å². The first kappa shape index (κ1) is 11.0. The van der Waals surface area contributed by atoms with E-state index in [0.717, 1.165) is 30.4 Å². The Hall–Kier alpha value is -0.540. The van der Waals surface area contributed by atoms with Crippen LogP contribution in [0.2, 0.25) is 5.02 Å². The summed E-state index contributed by atoms with van der Waals surface area (Å²) in [6, 6.07) is 5.31. The van der Waals surface area contributed by atoms with Gasteiger partial charge >= 0.3 is 0 Å². The number of carbonyl (C=O) groups excluding carboxylic acids is 1. The summed E-state index contributed by atoms with van der Waals surface area (Å²) in [4.78, 5) is 13.9. The lowest BCUT2D eigenvalue weighted by Crippen LogP contribution is -2.27. The van der Waals surface area contributed by atoms with E-state index in [1.807, 2.05) is 11.0 Å². The highest BCUT2D eigenvalue weighted by molar-refractivity contribution is 9.10. The smallest absolute Gasteiger partial charge is 0.253 e. The summed E-state index contributed by atoms with van der Waals surface area (Å²) in [5.41, 5.74) is 0.663. The Morgan fingerprint density at radius 2 is 1.93 bits per heavy atom. The molecule has 1 heterocycles. The van der Waals surface area contributed by atoms with Crippen LogP contribution in [0, 0.1) is 0 Å². The van der Waals surface area contributed by atoms with Crippen LogP contribution in [0.15, 0.2) is 22.7 Å². The van der Waals surface area contributed by atoms with Crippen LogP contribution in [0.25, 0.3) is 0 Å². The molecule has 80 valence electrons. The van der Waals surface area contributed by atoms with Gasteiger partial charge in [-0.15, -0.1) is 0 Å². The first-order valence-corrected chi connectivity index (χ1v) is 6.09. The molecule has 1 aliphatic rings. The van der Waals surface area contributed by atoms with Crippen molar-refractivity contribution in [1.82, 2.24) is 4.90 Å². The van der Waals surface area contributed by atoms with E-state index < -0.39 is 0 Å². The van der Waals surface area contributed by atoms with Gasteiger partial charge < -0.3 is 4.90 Å². The molecule has 1 fully saturated rings. The van der Waals surface area contributed by atoms with Crippen LogP contribution in [0.4, 0.5) is 0 Å². The Kier molecular flexibility index (Phi) is 3.32. The monoisotopic (exact) mass is 287 g/mol. The number of hydrogen-bond donors (Lipinski definition) is 0. The van der Waals surface area contributed by atoms with Crippen LogP contribution in [0.3, 0.4) is 0 Å². The maximum absolute atomic E-state index is 12.0. The van der Waals surface area contributed by atoms with Gasteiger partial charge in [-0.1, -0.05) is 27.5 Å². The van der Waals surface area contributed by atoms with Gasteiger partial charge in [-0.3, -0.25) is 4.79 Å². The maximum Gasteiger partial charge on any atom is 0.253 e. The first-order chi connectivity index (χ1) is 7.16. The van der Waals surface area contributed by atoms with Crippen LogP contribution in [0.5, 0.6) is 0 Å². The van der Waals surface area contributed by atoms with Crippen LogP contribution in [-0.2, 0) is 0 Å². The van der Waals surface area contributed by atoms with Gasteiger partial charge in [0.15, 0.2) is 0 Å². The van der Waals surface area contributed by atoms with Gasteiger partial charge in [-0.05, 0) is 31.0 Å². The second-order valence-corrected chi connectivity index (χ2v) is 5.01. The third-order valence-corrected chi connectivity index (χ3v) is 3.18. The number of rotatable bonds is 1. The number of benzene rings is 1. The Morgan fingerprint density at radius 3 is 2.53 bits per heavy atom. The molecule has 1 amide bonds. The molecule has 2 rings (SSSR count). The fourth-order valence-electron chi connectivity index (χ4n) is 1.78. The van der Waals surface area contributed by atoms with Crippen LogP contribution in [-0.4, -0.2) is 23.9 Å². The quantitative estimate of drug-likeness (QED) is 0.776. The Balaban J connectivity index is 2.24. The summed E-state index contributed by atoms with van der Waals surface area (Å²) in [5, 5.41) is 0.590. The molecule has 0 bridgehead atoms. The Morgan fingerprint density at radius 1 is 1.27 bits per heavy atom. The van der Waals surface area contributed by atoms with Crippen molar-refractivity contribution in [2.45, 2.75) is 12.8 Å². The van der Waals surface area contributed by atoms with Crippen molar-refractivity contribution in [2.75, 3.05) is 13.1 Å². The van der Waals surface area contributed by atoms with Gasteiger partial charge in [-0.2, -0.15) is 0 Å². The minimum Gasteiger partial charge on any atom is -0.339 e. The molecule has 0 unspecified atom stereocenters. The lowest BCUT2D eigenvalue weighted by molar-refractivity contribution is 0.0793. The molecule has 1 aromatic rings. The Bertz CT molecular complexity index is 368. The molecule has 0 spiro atoms. The van der Waals surface area contributed by atoms with E-state index in [1.54, 1.807) is 12.1 Å². The van der Waals surface area contributed by atoms with Crippen LogP contribution in [0.1, 0.15) is 23.2 Å². The number of carbonyl (C=O) groups is 1. The summed E-state index contributed by atoms with van der Waals surface area (Å²) < 4.78 is 0.845. The van der Waals surface area contributed by atoms with Crippen LogP contribution >= 0.6 is 27.5 Å². The SMILES string of the molecule is O=C(c1cc(Cl)cc(Br)c1)N1CCCC1. The molecular formula is C11H11BrClNO. The van der Waals surface area contributed by atoms with Crippen molar-refractivity contribution in [2.24, 2.45) is 0 Å². The van der Waals surface area contributed by atoms with E-state index in [9.17, 15) is 4.79 Å². The lowest BCUT2D eigenvalue weighted by atomic mass is 10.2. The van der Waals surface area contributed by atoms with E-state index in [-0.39, 0.29) is 5.91 Å². The third-order valence-electron chi connectivity index (χ3n) is 2.50. The number of hydrogen-bond acceptors (Lipinski definition) is 1. The second kappa shape index (κ2) is 4.54. The lowest BCUT2D eigenvalue weighted by Gasteiger charge is -2.15. The van der Waals surface area contributed by atoms with Gasteiger partial charge in [0.2, 0.25) is 0 Å². The molecule has 0 aromatic heterocycles.